The van der Waals surface area contributed by atoms with Gasteiger partial charge in [0, 0.05) is 16.7 Å². The predicted molar refractivity (Wildman–Crippen MR) is 68.0 cm³/mol. The Balaban J connectivity index is 2.51. The van der Waals surface area contributed by atoms with Crippen LogP contribution in [0.1, 0.15) is 19.4 Å². The first-order valence-corrected chi connectivity index (χ1v) is 6.30. The summed E-state index contributed by atoms with van der Waals surface area (Å²) in [6, 6.07) is 0.939. The van der Waals surface area contributed by atoms with Crippen LogP contribution in [0.15, 0.2) is 16.7 Å². The lowest BCUT2D eigenvalue weighted by Gasteiger charge is -2.15. The summed E-state index contributed by atoms with van der Waals surface area (Å²) < 4.78 is 39.6. The van der Waals surface area contributed by atoms with E-state index in [9.17, 15) is 13.2 Å². The van der Waals surface area contributed by atoms with E-state index in [1.807, 2.05) is 0 Å². The van der Waals surface area contributed by atoms with Crippen LogP contribution in [0.4, 0.5) is 13.2 Å². The van der Waals surface area contributed by atoms with Gasteiger partial charge in [0.2, 0.25) is 0 Å². The third kappa shape index (κ3) is 2.74. The molecule has 1 unspecified atom stereocenters. The lowest BCUT2D eigenvalue weighted by Crippen LogP contribution is -2.16. The molecule has 0 aromatic carbocycles. The van der Waals surface area contributed by atoms with E-state index in [1.165, 1.54) is 17.7 Å². The van der Waals surface area contributed by atoms with Crippen molar-refractivity contribution in [1.29, 1.82) is 0 Å². The zero-order chi connectivity index (χ0) is 13.5. The van der Waals surface area contributed by atoms with Gasteiger partial charge >= 0.3 is 6.18 Å². The topological polar surface area (TPSA) is 33.6 Å². The highest BCUT2D eigenvalue weighted by Gasteiger charge is 2.31. The Bertz CT molecular complexity index is 631. The third-order valence-corrected chi connectivity index (χ3v) is 3.22. The van der Waals surface area contributed by atoms with Crippen LogP contribution in [0, 0.1) is 4.77 Å². The highest BCUT2D eigenvalue weighted by Crippen LogP contribution is 2.29. The molecule has 0 spiro atoms. The smallest absolute Gasteiger partial charge is 0.329 e. The van der Waals surface area contributed by atoms with E-state index in [4.69, 9.17) is 12.2 Å². The Hall–Kier alpha value is -0.890. The van der Waals surface area contributed by atoms with Crippen molar-refractivity contribution in [2.75, 3.05) is 0 Å². The number of nitrogens with zero attached hydrogens (tertiary/aromatic N) is 2. The Labute approximate surface area is 114 Å². The van der Waals surface area contributed by atoms with E-state index in [0.29, 0.717) is 11.2 Å². The molecular weight excluding hydrogens is 331 g/mol. The molecule has 2 aromatic heterocycles. The van der Waals surface area contributed by atoms with E-state index in [-0.39, 0.29) is 4.77 Å². The molecule has 98 valence electrons. The second-order valence-electron chi connectivity index (χ2n) is 3.99. The summed E-state index contributed by atoms with van der Waals surface area (Å²) >= 11 is 8.29. The van der Waals surface area contributed by atoms with Crippen LogP contribution >= 0.6 is 28.1 Å². The van der Waals surface area contributed by atoms with E-state index in [0.717, 1.165) is 4.47 Å². The number of halogens is 4. The van der Waals surface area contributed by atoms with Crippen LogP contribution in [-0.2, 0) is 0 Å². The fourth-order valence-corrected chi connectivity index (χ4v) is 2.53. The van der Waals surface area contributed by atoms with Crippen LogP contribution in [0.3, 0.4) is 0 Å². The Morgan fingerprint density at radius 2 is 2.22 bits per heavy atom. The molecule has 0 bridgehead atoms. The fourth-order valence-electron chi connectivity index (χ4n) is 1.82. The molecule has 0 aliphatic carbocycles. The maximum absolute atomic E-state index is 12.4. The van der Waals surface area contributed by atoms with Crippen LogP contribution in [0.25, 0.3) is 11.2 Å². The Kier molecular flexibility index (Phi) is 3.50. The largest absolute Gasteiger partial charge is 0.391 e. The van der Waals surface area contributed by atoms with Crippen LogP contribution in [0.5, 0.6) is 0 Å². The van der Waals surface area contributed by atoms with Crippen LogP contribution in [-0.4, -0.2) is 20.7 Å². The van der Waals surface area contributed by atoms with Crippen molar-refractivity contribution >= 4 is 39.3 Å². The molecule has 0 amide bonds. The first kappa shape index (κ1) is 13.5. The van der Waals surface area contributed by atoms with E-state index in [2.05, 4.69) is 25.9 Å². The number of hydrogen-bond donors (Lipinski definition) is 1. The normalized spacial score (nSPS) is 14.1. The second kappa shape index (κ2) is 4.65. The minimum absolute atomic E-state index is 0.243. The van der Waals surface area contributed by atoms with E-state index >= 15 is 0 Å². The van der Waals surface area contributed by atoms with Gasteiger partial charge < -0.3 is 4.98 Å². The first-order chi connectivity index (χ1) is 8.28. The van der Waals surface area contributed by atoms with Gasteiger partial charge in [-0.2, -0.15) is 13.2 Å². The number of imidazole rings is 1. The molecule has 1 atom stereocenters. The van der Waals surface area contributed by atoms with Crippen LogP contribution < -0.4 is 0 Å². The molecular formula is C10H9BrF3N3S. The van der Waals surface area contributed by atoms with Gasteiger partial charge in [-0.25, -0.2) is 4.98 Å². The highest BCUT2D eigenvalue weighted by atomic mass is 79.9. The third-order valence-electron chi connectivity index (χ3n) is 2.49. The Morgan fingerprint density at radius 1 is 1.56 bits per heavy atom. The van der Waals surface area contributed by atoms with E-state index in [1.54, 1.807) is 6.07 Å². The Morgan fingerprint density at radius 3 is 2.83 bits per heavy atom. The molecule has 0 aliphatic rings. The molecule has 0 saturated carbocycles. The average molecular weight is 340 g/mol. The van der Waals surface area contributed by atoms with Gasteiger partial charge in [0.05, 0.1) is 11.9 Å². The van der Waals surface area contributed by atoms with Gasteiger partial charge in [0.1, 0.15) is 0 Å². The number of H-pyrrole nitrogens is 1. The molecule has 0 saturated heterocycles. The van der Waals surface area contributed by atoms with Gasteiger partial charge in [-0.15, -0.1) is 0 Å². The quantitative estimate of drug-likeness (QED) is 0.824. The molecule has 18 heavy (non-hydrogen) atoms. The monoisotopic (exact) mass is 339 g/mol. The van der Waals surface area contributed by atoms with Crippen LogP contribution in [0.2, 0.25) is 0 Å². The van der Waals surface area contributed by atoms with E-state index < -0.39 is 18.6 Å². The summed E-state index contributed by atoms with van der Waals surface area (Å²) in [5, 5.41) is 0. The standard InChI is InChI=1S/C10H9BrF3N3S/c1-5(3-10(12,13)14)17-8-7(16-9(17)18)2-6(11)4-15-8/h2,4-5H,3H2,1H3,(H,16,18). The lowest BCUT2D eigenvalue weighted by molar-refractivity contribution is -0.141. The number of fused-ring (bicyclic) bond motifs is 1. The van der Waals surface area contributed by atoms with Crippen molar-refractivity contribution in [1.82, 2.24) is 14.5 Å². The fraction of sp³-hybridized carbons (Fsp3) is 0.400. The predicted octanol–water partition coefficient (Wildman–Crippen LogP) is 4.37. The molecule has 8 heteroatoms. The molecule has 0 fully saturated rings. The SMILES string of the molecule is CC(CC(F)(F)F)n1c(=S)[nH]c2cc(Br)cnc21. The molecule has 2 rings (SSSR count). The molecule has 1 N–H and O–H groups in total. The van der Waals surface area contributed by atoms with Gasteiger partial charge in [-0.3, -0.25) is 4.57 Å². The number of pyridine rings is 1. The number of aromatic nitrogens is 3. The van der Waals surface area contributed by atoms with Crippen molar-refractivity contribution in [2.24, 2.45) is 0 Å². The number of rotatable bonds is 2. The summed E-state index contributed by atoms with van der Waals surface area (Å²) in [5.74, 6) is 0. The summed E-state index contributed by atoms with van der Waals surface area (Å²) in [6.07, 6.45) is -3.64. The van der Waals surface area contributed by atoms with Gasteiger partial charge in [-0.05, 0) is 41.1 Å². The first-order valence-electron chi connectivity index (χ1n) is 5.10. The van der Waals surface area contributed by atoms with Gasteiger partial charge in [0.25, 0.3) is 0 Å². The van der Waals surface area contributed by atoms with Crippen molar-refractivity contribution in [2.45, 2.75) is 25.6 Å². The minimum Gasteiger partial charge on any atom is -0.329 e. The molecule has 2 aromatic rings. The maximum atomic E-state index is 12.4. The highest BCUT2D eigenvalue weighted by molar-refractivity contribution is 9.10. The van der Waals surface area contributed by atoms with Crippen molar-refractivity contribution in [3.8, 4) is 0 Å². The average Bonchev–Trinajstić information content (AvgIpc) is 2.50. The lowest BCUT2D eigenvalue weighted by atomic mass is 10.2. The maximum Gasteiger partial charge on any atom is 0.391 e. The number of nitrogens with one attached hydrogen (secondary N) is 1. The van der Waals surface area contributed by atoms with Crippen molar-refractivity contribution in [3.05, 3.63) is 21.5 Å². The molecule has 0 aliphatic heterocycles. The molecule has 3 nitrogen and oxygen atoms in total. The molecule has 0 radical (unpaired) electrons. The van der Waals surface area contributed by atoms with Crippen molar-refractivity contribution in [3.63, 3.8) is 0 Å². The zero-order valence-corrected chi connectivity index (χ0v) is 11.7. The van der Waals surface area contributed by atoms with Gasteiger partial charge in [-0.1, -0.05) is 0 Å². The number of aromatic amines is 1. The summed E-state index contributed by atoms with van der Waals surface area (Å²) in [6.45, 7) is 1.47. The summed E-state index contributed by atoms with van der Waals surface area (Å²) in [4.78, 5) is 6.96. The van der Waals surface area contributed by atoms with Crippen molar-refractivity contribution < 1.29 is 13.2 Å². The minimum atomic E-state index is -4.23. The second-order valence-corrected chi connectivity index (χ2v) is 5.30. The zero-order valence-electron chi connectivity index (χ0n) is 9.25. The summed E-state index contributed by atoms with van der Waals surface area (Å²) in [7, 11) is 0. The number of alkyl halides is 3. The molecule has 2 heterocycles. The number of hydrogen-bond acceptors (Lipinski definition) is 2. The van der Waals surface area contributed by atoms with Gasteiger partial charge in [0.15, 0.2) is 10.4 Å². The summed E-state index contributed by atoms with van der Waals surface area (Å²) in [5.41, 5.74) is 1.04.